The minimum absolute atomic E-state index is 0.0370. The zero-order valence-corrected chi connectivity index (χ0v) is 15.7. The average molecular weight is 352 g/mol. The van der Waals surface area contributed by atoms with E-state index in [1.165, 1.54) is 12.0 Å². The van der Waals surface area contributed by atoms with Gasteiger partial charge < -0.3 is 10.3 Å². The summed E-state index contributed by atoms with van der Waals surface area (Å²) < 4.78 is 0. The van der Waals surface area contributed by atoms with Crippen LogP contribution in [-0.4, -0.2) is 40.4 Å². The van der Waals surface area contributed by atoms with E-state index in [0.717, 1.165) is 44.0 Å². The fraction of sp³-hybridized carbons (Fsp3) is 0.524. The van der Waals surface area contributed by atoms with Crippen molar-refractivity contribution in [2.75, 3.05) is 19.6 Å². The third-order valence-corrected chi connectivity index (χ3v) is 5.54. The highest BCUT2D eigenvalue weighted by atomic mass is 16.1. The molecule has 0 spiro atoms. The summed E-state index contributed by atoms with van der Waals surface area (Å²) in [7, 11) is 0. The van der Waals surface area contributed by atoms with Crippen molar-refractivity contribution in [2.45, 2.75) is 45.6 Å². The van der Waals surface area contributed by atoms with Gasteiger partial charge in [-0.05, 0) is 36.8 Å². The topological polar surface area (TPSA) is 61.0 Å². The largest absolute Gasteiger partial charge is 0.350 e. The van der Waals surface area contributed by atoms with Crippen molar-refractivity contribution >= 4 is 5.91 Å². The second kappa shape index (κ2) is 6.88. The summed E-state index contributed by atoms with van der Waals surface area (Å²) in [5.41, 5.74) is 3.01. The van der Waals surface area contributed by atoms with Crippen molar-refractivity contribution in [2.24, 2.45) is 5.41 Å². The zero-order chi connectivity index (χ0) is 18.1. The SMILES string of the molecule is CC1(C)CNC(=O)c2nc([C@@H]3CCCN(Cc4ccccc4)C3)[nH]c2C1. The average Bonchev–Trinajstić information content (AvgIpc) is 3.00. The van der Waals surface area contributed by atoms with Crippen LogP contribution in [0.1, 0.15) is 60.2 Å². The van der Waals surface area contributed by atoms with Crippen molar-refractivity contribution in [3.63, 3.8) is 0 Å². The number of nitrogens with zero attached hydrogens (tertiary/aromatic N) is 2. The van der Waals surface area contributed by atoms with Gasteiger partial charge in [0.25, 0.3) is 5.91 Å². The predicted molar refractivity (Wildman–Crippen MR) is 102 cm³/mol. The van der Waals surface area contributed by atoms with Gasteiger partial charge in [-0.1, -0.05) is 44.2 Å². The highest BCUT2D eigenvalue weighted by Gasteiger charge is 2.32. The molecular weight excluding hydrogens is 324 g/mol. The highest BCUT2D eigenvalue weighted by molar-refractivity contribution is 5.94. The lowest BCUT2D eigenvalue weighted by molar-refractivity contribution is 0.0940. The summed E-state index contributed by atoms with van der Waals surface area (Å²) in [6, 6.07) is 10.6. The lowest BCUT2D eigenvalue weighted by atomic mass is 9.88. The summed E-state index contributed by atoms with van der Waals surface area (Å²) in [6.45, 7) is 8.16. The lowest BCUT2D eigenvalue weighted by Crippen LogP contribution is -2.34. The van der Waals surface area contributed by atoms with Crippen molar-refractivity contribution in [1.82, 2.24) is 20.2 Å². The number of aromatic amines is 1. The van der Waals surface area contributed by atoms with E-state index in [1.54, 1.807) is 0 Å². The summed E-state index contributed by atoms with van der Waals surface area (Å²) >= 11 is 0. The standard InChI is InChI=1S/C21H28N4O/c1-21(2)11-17-18(20(26)22-14-21)24-19(23-17)16-9-6-10-25(13-16)12-15-7-4-3-5-8-15/h3-5,7-8,16H,6,9-14H2,1-2H3,(H,22,26)(H,23,24)/t16-/m1/s1. The van der Waals surface area contributed by atoms with E-state index < -0.39 is 0 Å². The fourth-order valence-corrected chi connectivity index (χ4v) is 4.15. The molecule has 0 radical (unpaired) electrons. The Bertz CT molecular complexity index is 781. The number of nitrogens with one attached hydrogen (secondary N) is 2. The van der Waals surface area contributed by atoms with Gasteiger partial charge in [0.2, 0.25) is 0 Å². The Morgan fingerprint density at radius 1 is 1.27 bits per heavy atom. The van der Waals surface area contributed by atoms with E-state index in [-0.39, 0.29) is 11.3 Å². The van der Waals surface area contributed by atoms with Crippen LogP contribution in [0.15, 0.2) is 30.3 Å². The number of likely N-dealkylation sites (tertiary alicyclic amines) is 1. The first-order valence-corrected chi connectivity index (χ1v) is 9.63. The molecule has 26 heavy (non-hydrogen) atoms. The van der Waals surface area contributed by atoms with Crippen LogP contribution < -0.4 is 5.32 Å². The third-order valence-electron chi connectivity index (χ3n) is 5.54. The molecule has 138 valence electrons. The Balaban J connectivity index is 1.51. The third kappa shape index (κ3) is 3.68. The molecule has 5 nitrogen and oxygen atoms in total. The molecule has 0 aliphatic carbocycles. The highest BCUT2D eigenvalue weighted by Crippen LogP contribution is 2.30. The maximum absolute atomic E-state index is 12.4. The molecule has 1 aromatic heterocycles. The van der Waals surface area contributed by atoms with Gasteiger partial charge in [0.05, 0.1) is 0 Å². The van der Waals surface area contributed by atoms with E-state index in [4.69, 9.17) is 4.98 Å². The molecule has 1 aromatic carbocycles. The summed E-state index contributed by atoms with van der Waals surface area (Å²) in [4.78, 5) is 23.1. The van der Waals surface area contributed by atoms with Gasteiger partial charge in [0, 0.05) is 31.2 Å². The normalized spacial score (nSPS) is 23.2. The molecule has 0 bridgehead atoms. The molecule has 1 saturated heterocycles. The van der Waals surface area contributed by atoms with E-state index in [0.29, 0.717) is 18.2 Å². The van der Waals surface area contributed by atoms with E-state index in [1.807, 2.05) is 0 Å². The van der Waals surface area contributed by atoms with Crippen LogP contribution >= 0.6 is 0 Å². The number of fused-ring (bicyclic) bond motifs is 1. The van der Waals surface area contributed by atoms with Gasteiger partial charge in [-0.3, -0.25) is 9.69 Å². The first-order chi connectivity index (χ1) is 12.5. The van der Waals surface area contributed by atoms with Crippen molar-refractivity contribution in [3.05, 3.63) is 53.1 Å². The number of H-pyrrole nitrogens is 1. The first kappa shape index (κ1) is 17.3. The first-order valence-electron chi connectivity index (χ1n) is 9.63. The van der Waals surface area contributed by atoms with Crippen LogP contribution in [0.4, 0.5) is 0 Å². The number of rotatable bonds is 3. The molecule has 2 N–H and O–H groups in total. The van der Waals surface area contributed by atoms with Gasteiger partial charge in [0.1, 0.15) is 11.5 Å². The predicted octanol–water partition coefficient (Wildman–Crippen LogP) is 3.10. The van der Waals surface area contributed by atoms with Gasteiger partial charge in [0.15, 0.2) is 0 Å². The van der Waals surface area contributed by atoms with Gasteiger partial charge in [-0.15, -0.1) is 0 Å². The molecule has 0 saturated carbocycles. The molecule has 4 rings (SSSR count). The molecular formula is C21H28N4O. The molecule has 1 amide bonds. The second-order valence-electron chi connectivity index (χ2n) is 8.53. The van der Waals surface area contributed by atoms with Crippen LogP contribution in [0.25, 0.3) is 0 Å². The maximum atomic E-state index is 12.4. The smallest absolute Gasteiger partial charge is 0.271 e. The van der Waals surface area contributed by atoms with Crippen LogP contribution in [0, 0.1) is 5.41 Å². The number of benzene rings is 1. The van der Waals surface area contributed by atoms with Crippen molar-refractivity contribution < 1.29 is 4.79 Å². The molecule has 2 aromatic rings. The fourth-order valence-electron chi connectivity index (χ4n) is 4.15. The number of hydrogen-bond donors (Lipinski definition) is 2. The van der Waals surface area contributed by atoms with Crippen molar-refractivity contribution in [1.29, 1.82) is 0 Å². The Labute approximate surface area is 155 Å². The van der Waals surface area contributed by atoms with E-state index in [9.17, 15) is 4.79 Å². The van der Waals surface area contributed by atoms with E-state index in [2.05, 4.69) is 59.4 Å². The maximum Gasteiger partial charge on any atom is 0.271 e. The Morgan fingerprint density at radius 2 is 2.08 bits per heavy atom. The summed E-state index contributed by atoms with van der Waals surface area (Å²) in [6.07, 6.45) is 3.15. The summed E-state index contributed by atoms with van der Waals surface area (Å²) in [5.74, 6) is 1.32. The Kier molecular flexibility index (Phi) is 4.57. The van der Waals surface area contributed by atoms with Crippen molar-refractivity contribution in [3.8, 4) is 0 Å². The molecule has 1 fully saturated rings. The molecule has 5 heteroatoms. The van der Waals surface area contributed by atoms with Crippen LogP contribution in [0.5, 0.6) is 0 Å². The number of imidazole rings is 1. The van der Waals surface area contributed by atoms with Gasteiger partial charge >= 0.3 is 0 Å². The van der Waals surface area contributed by atoms with Crippen LogP contribution in [0.2, 0.25) is 0 Å². The molecule has 3 heterocycles. The Hall–Kier alpha value is -2.14. The number of carbonyl (C=O) groups excluding carboxylic acids is 1. The minimum Gasteiger partial charge on any atom is -0.350 e. The molecule has 1 atom stereocenters. The van der Waals surface area contributed by atoms with Crippen LogP contribution in [0.3, 0.4) is 0 Å². The quantitative estimate of drug-likeness (QED) is 0.892. The number of hydrogen-bond acceptors (Lipinski definition) is 3. The molecule has 0 unspecified atom stereocenters. The Morgan fingerprint density at radius 3 is 2.88 bits per heavy atom. The monoisotopic (exact) mass is 352 g/mol. The van der Waals surface area contributed by atoms with Gasteiger partial charge in [-0.2, -0.15) is 0 Å². The summed E-state index contributed by atoms with van der Waals surface area (Å²) in [5, 5.41) is 3.02. The lowest BCUT2D eigenvalue weighted by Gasteiger charge is -2.32. The minimum atomic E-state index is -0.0370. The zero-order valence-electron chi connectivity index (χ0n) is 15.7. The van der Waals surface area contributed by atoms with Gasteiger partial charge in [-0.25, -0.2) is 4.98 Å². The number of piperidine rings is 1. The number of aromatic nitrogens is 2. The second-order valence-corrected chi connectivity index (χ2v) is 8.53. The molecule has 2 aliphatic rings. The molecule has 2 aliphatic heterocycles. The number of amides is 1. The number of carbonyl (C=O) groups is 1. The van der Waals surface area contributed by atoms with Crippen LogP contribution in [-0.2, 0) is 13.0 Å². The van der Waals surface area contributed by atoms with E-state index >= 15 is 0 Å².